The summed E-state index contributed by atoms with van der Waals surface area (Å²) < 4.78 is -0.635. The van der Waals surface area contributed by atoms with E-state index in [1.54, 1.807) is 11.8 Å². The molecule has 1 N–H and O–H groups in total. The van der Waals surface area contributed by atoms with Gasteiger partial charge in [0.15, 0.2) is 5.17 Å². The van der Waals surface area contributed by atoms with Crippen LogP contribution >= 0.6 is 11.8 Å². The van der Waals surface area contributed by atoms with E-state index in [2.05, 4.69) is 125 Å². The number of amidine groups is 1. The van der Waals surface area contributed by atoms with Gasteiger partial charge in [0.2, 0.25) is 5.91 Å². The number of anilines is 4. The Morgan fingerprint density at radius 3 is 1.74 bits per heavy atom. The van der Waals surface area contributed by atoms with Gasteiger partial charge in [-0.15, -0.1) is 0 Å². The lowest BCUT2D eigenvalue weighted by Crippen LogP contribution is -2.36. The van der Waals surface area contributed by atoms with Gasteiger partial charge < -0.3 is 20.0 Å². The number of rotatable bonds is 7. The Labute approximate surface area is 254 Å². The molecule has 1 heterocycles. The first-order valence-electron chi connectivity index (χ1n) is 14.2. The van der Waals surface area contributed by atoms with E-state index in [4.69, 9.17) is 4.99 Å². The van der Waals surface area contributed by atoms with E-state index < -0.39 is 4.75 Å². The van der Waals surface area contributed by atoms with Crippen LogP contribution < -0.4 is 20.0 Å². The molecule has 0 spiro atoms. The second-order valence-corrected chi connectivity index (χ2v) is 12.2. The summed E-state index contributed by atoms with van der Waals surface area (Å²) in [5.41, 5.74) is 9.83. The van der Waals surface area contributed by atoms with Crippen molar-refractivity contribution in [1.29, 1.82) is 0 Å². The third kappa shape index (κ3) is 5.61. The molecule has 0 aliphatic carbocycles. The number of hydrogen-bond acceptors (Lipinski definition) is 6. The molecule has 0 aromatic heterocycles. The Hall–Kier alpha value is -4.23. The molecule has 4 aromatic rings. The molecule has 42 heavy (non-hydrogen) atoms. The van der Waals surface area contributed by atoms with E-state index in [0.717, 1.165) is 51.7 Å². The number of hydrogen-bond donors (Lipinski definition) is 1. The number of aliphatic imine (C=N–C) groups is 1. The predicted molar refractivity (Wildman–Crippen MR) is 180 cm³/mol. The highest BCUT2D eigenvalue weighted by molar-refractivity contribution is 8.15. The van der Waals surface area contributed by atoms with E-state index in [-0.39, 0.29) is 5.91 Å². The summed E-state index contributed by atoms with van der Waals surface area (Å²) in [6, 6.07) is 32.5. The maximum atomic E-state index is 12.4. The Balaban J connectivity index is 1.74. The lowest BCUT2D eigenvalue weighted by atomic mass is 9.82. The van der Waals surface area contributed by atoms with Crippen LogP contribution in [0.1, 0.15) is 36.1 Å². The SMILES string of the molecule is CCN(c1ccc(C)cc1)c1ccc2c(c1)N=C(NC(C)=O)SC2(c1ccc(N(C)C)cc1)c1ccc(N(C)C)cc1. The molecule has 7 heteroatoms. The normalized spacial score (nSPS) is 13.5. The number of carbonyl (C=O) groups is 1. The molecule has 4 aromatic carbocycles. The van der Waals surface area contributed by atoms with Crippen LogP contribution in [-0.4, -0.2) is 45.8 Å². The summed E-state index contributed by atoms with van der Waals surface area (Å²) in [5.74, 6) is -0.143. The topological polar surface area (TPSA) is 51.2 Å². The molecular weight excluding hydrogens is 538 g/mol. The number of nitrogens with zero attached hydrogens (tertiary/aromatic N) is 4. The average molecular weight is 578 g/mol. The Morgan fingerprint density at radius 1 is 0.762 bits per heavy atom. The fourth-order valence-corrected chi connectivity index (χ4v) is 6.86. The van der Waals surface area contributed by atoms with Crippen LogP contribution in [0.4, 0.5) is 28.4 Å². The van der Waals surface area contributed by atoms with Crippen LogP contribution in [0.15, 0.2) is 96.0 Å². The van der Waals surface area contributed by atoms with Crippen molar-refractivity contribution in [3.8, 4) is 0 Å². The average Bonchev–Trinajstić information content (AvgIpc) is 2.97. The minimum atomic E-state index is -0.635. The zero-order chi connectivity index (χ0) is 30.0. The molecule has 0 unspecified atom stereocenters. The number of amides is 1. The number of carbonyl (C=O) groups excluding carboxylic acids is 1. The second kappa shape index (κ2) is 11.9. The maximum absolute atomic E-state index is 12.4. The van der Waals surface area contributed by atoms with Gasteiger partial charge in [-0.2, -0.15) is 0 Å². The molecule has 0 saturated carbocycles. The highest BCUT2D eigenvalue weighted by atomic mass is 32.2. The van der Waals surface area contributed by atoms with Crippen molar-refractivity contribution in [3.05, 3.63) is 113 Å². The molecule has 6 nitrogen and oxygen atoms in total. The van der Waals surface area contributed by atoms with Gasteiger partial charge in [0.25, 0.3) is 0 Å². The summed E-state index contributed by atoms with van der Waals surface area (Å²) in [4.78, 5) is 23.9. The summed E-state index contributed by atoms with van der Waals surface area (Å²) in [7, 11) is 8.19. The summed E-state index contributed by atoms with van der Waals surface area (Å²) in [5, 5.41) is 3.60. The zero-order valence-electron chi connectivity index (χ0n) is 25.5. The van der Waals surface area contributed by atoms with Gasteiger partial charge in [0.05, 0.1) is 5.69 Å². The molecule has 216 valence electrons. The van der Waals surface area contributed by atoms with E-state index in [1.807, 2.05) is 28.2 Å². The first-order chi connectivity index (χ1) is 20.1. The van der Waals surface area contributed by atoms with Crippen LogP contribution in [0.2, 0.25) is 0 Å². The van der Waals surface area contributed by atoms with Crippen LogP contribution in [0, 0.1) is 6.92 Å². The molecular formula is C35H39N5OS. The third-order valence-corrected chi connectivity index (χ3v) is 9.05. The minimum absolute atomic E-state index is 0.143. The largest absolute Gasteiger partial charge is 0.378 e. The van der Waals surface area contributed by atoms with Gasteiger partial charge in [-0.3, -0.25) is 4.79 Å². The molecule has 0 radical (unpaired) electrons. The van der Waals surface area contributed by atoms with Gasteiger partial charge in [-0.25, -0.2) is 4.99 Å². The van der Waals surface area contributed by atoms with Crippen LogP contribution in [0.25, 0.3) is 0 Å². The molecule has 5 rings (SSSR count). The molecule has 1 amide bonds. The van der Waals surface area contributed by atoms with E-state index in [1.165, 1.54) is 12.5 Å². The van der Waals surface area contributed by atoms with Crippen molar-refractivity contribution in [2.24, 2.45) is 4.99 Å². The Kier molecular flexibility index (Phi) is 8.32. The number of nitrogens with one attached hydrogen (secondary N) is 1. The van der Waals surface area contributed by atoms with E-state index in [9.17, 15) is 4.79 Å². The summed E-state index contributed by atoms with van der Waals surface area (Å²) >= 11 is 1.58. The van der Waals surface area contributed by atoms with Crippen molar-refractivity contribution in [1.82, 2.24) is 5.32 Å². The first-order valence-corrected chi connectivity index (χ1v) is 15.0. The van der Waals surface area contributed by atoms with Crippen molar-refractivity contribution in [3.63, 3.8) is 0 Å². The fraction of sp³-hybridized carbons (Fsp3) is 0.257. The van der Waals surface area contributed by atoms with Gasteiger partial charge in [0.1, 0.15) is 4.75 Å². The van der Waals surface area contributed by atoms with E-state index >= 15 is 0 Å². The molecule has 0 bridgehead atoms. The second-order valence-electron chi connectivity index (χ2n) is 11.0. The van der Waals surface area contributed by atoms with Gasteiger partial charge in [-0.05, 0) is 73.5 Å². The zero-order valence-corrected chi connectivity index (χ0v) is 26.3. The fourth-order valence-electron chi connectivity index (χ4n) is 5.44. The van der Waals surface area contributed by atoms with Crippen molar-refractivity contribution >= 4 is 51.3 Å². The predicted octanol–water partition coefficient (Wildman–Crippen LogP) is 7.45. The highest BCUT2D eigenvalue weighted by Crippen LogP contribution is 2.55. The smallest absolute Gasteiger partial charge is 0.222 e. The van der Waals surface area contributed by atoms with Crippen LogP contribution in [-0.2, 0) is 9.54 Å². The van der Waals surface area contributed by atoms with Gasteiger partial charge in [-0.1, -0.05) is 59.8 Å². The van der Waals surface area contributed by atoms with Gasteiger partial charge >= 0.3 is 0 Å². The number of thioether (sulfide) groups is 1. The first kappa shape index (κ1) is 29.3. The van der Waals surface area contributed by atoms with Crippen LogP contribution in [0.5, 0.6) is 0 Å². The molecule has 0 fully saturated rings. The monoisotopic (exact) mass is 577 g/mol. The molecule has 0 atom stereocenters. The summed E-state index contributed by atoms with van der Waals surface area (Å²) in [6.07, 6.45) is 0. The lowest BCUT2D eigenvalue weighted by Gasteiger charge is -2.39. The minimum Gasteiger partial charge on any atom is -0.378 e. The molecule has 0 saturated heterocycles. The standard InChI is InChI=1S/C35H39N5OS/c1-8-40(30-15-9-24(2)10-16-30)31-21-22-32-33(23-31)37-34(36-25(3)41)42-35(32,26-11-17-28(18-12-26)38(4)5)27-13-19-29(20-14-27)39(6)7/h9-23H,8H2,1-7H3,(H,36,37,41). The number of benzene rings is 4. The maximum Gasteiger partial charge on any atom is 0.222 e. The highest BCUT2D eigenvalue weighted by Gasteiger charge is 2.43. The number of aryl methyl sites for hydroxylation is 1. The third-order valence-electron chi connectivity index (χ3n) is 7.67. The Bertz CT molecular complexity index is 1540. The van der Waals surface area contributed by atoms with Crippen LogP contribution in [0.3, 0.4) is 0 Å². The summed E-state index contributed by atoms with van der Waals surface area (Å²) in [6.45, 7) is 6.60. The van der Waals surface area contributed by atoms with E-state index in [0.29, 0.717) is 5.17 Å². The van der Waals surface area contributed by atoms with Crippen molar-refractivity contribution < 1.29 is 4.79 Å². The number of fused-ring (bicyclic) bond motifs is 1. The van der Waals surface area contributed by atoms with Crippen molar-refractivity contribution in [2.45, 2.75) is 25.5 Å². The van der Waals surface area contributed by atoms with Crippen molar-refractivity contribution in [2.75, 3.05) is 49.4 Å². The molecule has 1 aliphatic rings. The van der Waals surface area contributed by atoms with Gasteiger partial charge in [0, 0.05) is 70.0 Å². The molecule has 1 aliphatic heterocycles. The lowest BCUT2D eigenvalue weighted by molar-refractivity contribution is -0.117. The Morgan fingerprint density at radius 2 is 1.26 bits per heavy atom. The quantitative estimate of drug-likeness (QED) is 0.247.